The Morgan fingerprint density at radius 3 is 2.85 bits per heavy atom. The zero-order valence-corrected chi connectivity index (χ0v) is 11.1. The van der Waals surface area contributed by atoms with Gasteiger partial charge in [0.25, 0.3) is 0 Å². The number of nitrogens with zero attached hydrogens (tertiary/aromatic N) is 3. The lowest BCUT2D eigenvalue weighted by molar-refractivity contribution is 0.377. The summed E-state index contributed by atoms with van der Waals surface area (Å²) in [4.78, 5) is 3.71. The third-order valence-electron chi connectivity index (χ3n) is 2.47. The standard InChI is InChI=1S/C11H11N5O3S/c12-6-8-1-2-10(9(13)5-8)20(17,18)16-4-3-11-14-7-15-19-11/h1-2,5,7,16H,3-4,13H2. The smallest absolute Gasteiger partial charge is 0.242 e. The molecule has 0 spiro atoms. The average molecular weight is 293 g/mol. The molecule has 0 amide bonds. The van der Waals surface area contributed by atoms with Gasteiger partial charge in [0.2, 0.25) is 15.9 Å². The molecule has 0 atom stereocenters. The zero-order valence-electron chi connectivity index (χ0n) is 10.3. The normalized spacial score (nSPS) is 11.2. The maximum atomic E-state index is 12.0. The third kappa shape index (κ3) is 3.11. The van der Waals surface area contributed by atoms with Crippen molar-refractivity contribution in [3.8, 4) is 6.07 Å². The number of hydrogen-bond donors (Lipinski definition) is 2. The number of rotatable bonds is 5. The van der Waals surface area contributed by atoms with Gasteiger partial charge in [-0.1, -0.05) is 5.16 Å². The van der Waals surface area contributed by atoms with Crippen LogP contribution in [0.5, 0.6) is 0 Å². The SMILES string of the molecule is N#Cc1ccc(S(=O)(=O)NCCc2ncno2)c(N)c1. The van der Waals surface area contributed by atoms with Gasteiger partial charge in [-0.3, -0.25) is 0 Å². The Bertz CT molecular complexity index is 734. The molecule has 2 rings (SSSR count). The Balaban J connectivity index is 2.08. The van der Waals surface area contributed by atoms with Crippen molar-refractivity contribution in [3.63, 3.8) is 0 Å². The lowest BCUT2D eigenvalue weighted by atomic mass is 10.2. The fourth-order valence-electron chi connectivity index (χ4n) is 1.54. The Morgan fingerprint density at radius 2 is 2.25 bits per heavy atom. The molecular formula is C11H11N5O3S. The van der Waals surface area contributed by atoms with E-state index >= 15 is 0 Å². The van der Waals surface area contributed by atoms with Gasteiger partial charge in [-0.05, 0) is 18.2 Å². The second kappa shape index (κ2) is 5.68. The minimum atomic E-state index is -3.74. The van der Waals surface area contributed by atoms with E-state index in [1.54, 1.807) is 0 Å². The first-order chi connectivity index (χ1) is 9.53. The second-order valence-corrected chi connectivity index (χ2v) is 5.58. The molecule has 0 bridgehead atoms. The van der Waals surface area contributed by atoms with E-state index in [4.69, 9.17) is 15.5 Å². The highest BCUT2D eigenvalue weighted by molar-refractivity contribution is 7.89. The maximum Gasteiger partial charge on any atom is 0.242 e. The molecular weight excluding hydrogens is 282 g/mol. The number of nitriles is 1. The molecule has 0 aliphatic rings. The Kier molecular flexibility index (Phi) is 3.97. The van der Waals surface area contributed by atoms with Gasteiger partial charge in [0.1, 0.15) is 4.90 Å². The number of anilines is 1. The van der Waals surface area contributed by atoms with Gasteiger partial charge < -0.3 is 10.3 Å². The highest BCUT2D eigenvalue weighted by Gasteiger charge is 2.17. The first-order valence-corrected chi connectivity index (χ1v) is 7.06. The highest BCUT2D eigenvalue weighted by Crippen LogP contribution is 2.19. The molecule has 0 radical (unpaired) electrons. The number of aromatic nitrogens is 2. The first-order valence-electron chi connectivity index (χ1n) is 5.58. The van der Waals surface area contributed by atoms with Gasteiger partial charge in [0.15, 0.2) is 6.33 Å². The van der Waals surface area contributed by atoms with E-state index in [1.165, 1.54) is 24.5 Å². The van der Waals surface area contributed by atoms with E-state index in [-0.39, 0.29) is 23.5 Å². The van der Waals surface area contributed by atoms with Crippen LogP contribution in [0.25, 0.3) is 0 Å². The Labute approximate surface area is 115 Å². The van der Waals surface area contributed by atoms with Crippen molar-refractivity contribution < 1.29 is 12.9 Å². The van der Waals surface area contributed by atoms with E-state index in [0.717, 1.165) is 0 Å². The van der Waals surface area contributed by atoms with Crippen molar-refractivity contribution in [2.45, 2.75) is 11.3 Å². The maximum absolute atomic E-state index is 12.0. The van der Waals surface area contributed by atoms with Crippen LogP contribution in [0, 0.1) is 11.3 Å². The van der Waals surface area contributed by atoms with E-state index in [2.05, 4.69) is 14.9 Å². The van der Waals surface area contributed by atoms with Gasteiger partial charge in [-0.2, -0.15) is 10.2 Å². The summed E-state index contributed by atoms with van der Waals surface area (Å²) in [6.45, 7) is 0.101. The van der Waals surface area contributed by atoms with Crippen LogP contribution < -0.4 is 10.5 Å². The lowest BCUT2D eigenvalue weighted by Crippen LogP contribution is -2.26. The second-order valence-electron chi connectivity index (χ2n) is 3.85. The van der Waals surface area contributed by atoms with Crippen LogP contribution in [0.3, 0.4) is 0 Å². The van der Waals surface area contributed by atoms with Crippen LogP contribution in [0.15, 0.2) is 33.9 Å². The molecule has 8 nitrogen and oxygen atoms in total. The molecule has 20 heavy (non-hydrogen) atoms. The van der Waals surface area contributed by atoms with Crippen molar-refractivity contribution in [1.82, 2.24) is 14.9 Å². The van der Waals surface area contributed by atoms with Crippen molar-refractivity contribution in [3.05, 3.63) is 36.0 Å². The van der Waals surface area contributed by atoms with Crippen LogP contribution >= 0.6 is 0 Å². The molecule has 9 heteroatoms. The van der Waals surface area contributed by atoms with Crippen LogP contribution in [0.1, 0.15) is 11.5 Å². The van der Waals surface area contributed by atoms with Crippen LogP contribution in [0.2, 0.25) is 0 Å². The van der Waals surface area contributed by atoms with E-state index in [9.17, 15) is 8.42 Å². The molecule has 3 N–H and O–H groups in total. The molecule has 2 aromatic rings. The van der Waals surface area contributed by atoms with Crippen molar-refractivity contribution in [2.24, 2.45) is 0 Å². The summed E-state index contributed by atoms with van der Waals surface area (Å²) in [5, 5.41) is 12.1. The largest absolute Gasteiger partial charge is 0.398 e. The molecule has 0 saturated heterocycles. The summed E-state index contributed by atoms with van der Waals surface area (Å²) in [5.41, 5.74) is 5.96. The molecule has 0 aliphatic heterocycles. The Hall–Kier alpha value is -2.44. The number of nitrogens with one attached hydrogen (secondary N) is 1. The van der Waals surface area contributed by atoms with Gasteiger partial charge in [-0.25, -0.2) is 13.1 Å². The predicted octanol–water partition coefficient (Wildman–Crippen LogP) is 0.0445. The number of benzene rings is 1. The molecule has 0 saturated carbocycles. The number of hydrogen-bond acceptors (Lipinski definition) is 7. The first kappa shape index (κ1) is 14.0. The number of nitrogen functional groups attached to an aromatic ring is 1. The van der Waals surface area contributed by atoms with Gasteiger partial charge >= 0.3 is 0 Å². The molecule has 0 aliphatic carbocycles. The monoisotopic (exact) mass is 293 g/mol. The minimum absolute atomic E-state index is 0.0225. The molecule has 104 valence electrons. The summed E-state index contributed by atoms with van der Waals surface area (Å²) in [6.07, 6.45) is 1.51. The fourth-order valence-corrected chi connectivity index (χ4v) is 2.68. The quantitative estimate of drug-likeness (QED) is 0.743. The van der Waals surface area contributed by atoms with Crippen LogP contribution in [-0.4, -0.2) is 25.1 Å². The van der Waals surface area contributed by atoms with Crippen molar-refractivity contribution in [1.29, 1.82) is 5.26 Å². The Morgan fingerprint density at radius 1 is 1.45 bits per heavy atom. The molecule has 1 heterocycles. The van der Waals surface area contributed by atoms with E-state index in [1.807, 2.05) is 6.07 Å². The number of nitrogens with two attached hydrogens (primary N) is 1. The number of sulfonamides is 1. The van der Waals surface area contributed by atoms with E-state index in [0.29, 0.717) is 11.5 Å². The molecule has 1 aromatic carbocycles. The summed E-state index contributed by atoms with van der Waals surface area (Å²) < 4.78 is 31.2. The third-order valence-corrected chi connectivity index (χ3v) is 4.00. The van der Waals surface area contributed by atoms with Crippen LogP contribution in [-0.2, 0) is 16.4 Å². The van der Waals surface area contributed by atoms with Gasteiger partial charge in [-0.15, -0.1) is 0 Å². The highest BCUT2D eigenvalue weighted by atomic mass is 32.2. The van der Waals surface area contributed by atoms with Gasteiger partial charge in [0, 0.05) is 13.0 Å². The zero-order chi connectivity index (χ0) is 14.6. The topological polar surface area (TPSA) is 135 Å². The summed E-state index contributed by atoms with van der Waals surface area (Å²) in [7, 11) is -3.74. The van der Waals surface area contributed by atoms with E-state index < -0.39 is 10.0 Å². The van der Waals surface area contributed by atoms with Crippen molar-refractivity contribution >= 4 is 15.7 Å². The van der Waals surface area contributed by atoms with Gasteiger partial charge in [0.05, 0.1) is 17.3 Å². The molecule has 0 unspecified atom stereocenters. The molecule has 1 aromatic heterocycles. The fraction of sp³-hybridized carbons (Fsp3) is 0.182. The summed E-state index contributed by atoms with van der Waals surface area (Å²) in [6, 6.07) is 5.88. The summed E-state index contributed by atoms with van der Waals surface area (Å²) in [5.74, 6) is 0.334. The summed E-state index contributed by atoms with van der Waals surface area (Å²) >= 11 is 0. The minimum Gasteiger partial charge on any atom is -0.398 e. The molecule has 0 fully saturated rings. The van der Waals surface area contributed by atoms with Crippen molar-refractivity contribution in [2.75, 3.05) is 12.3 Å². The average Bonchev–Trinajstić information content (AvgIpc) is 2.91. The lowest BCUT2D eigenvalue weighted by Gasteiger charge is -2.08. The predicted molar refractivity (Wildman–Crippen MR) is 68.8 cm³/mol. The van der Waals surface area contributed by atoms with Crippen LogP contribution in [0.4, 0.5) is 5.69 Å².